The Balaban J connectivity index is 1.27. The van der Waals surface area contributed by atoms with Crippen LogP contribution in [0, 0.1) is 0 Å². The number of nitrogens with zero attached hydrogens (tertiary/aromatic N) is 1. The predicted molar refractivity (Wildman–Crippen MR) is 106 cm³/mol. The number of benzene rings is 2. The molecule has 2 aromatic rings. The molecule has 6 heteroatoms. The molecule has 2 aromatic carbocycles. The van der Waals surface area contributed by atoms with E-state index in [0.29, 0.717) is 25.8 Å². The van der Waals surface area contributed by atoms with E-state index >= 15 is 0 Å². The van der Waals surface area contributed by atoms with Crippen LogP contribution in [-0.2, 0) is 11.3 Å². The molecule has 2 aliphatic heterocycles. The molecule has 2 aliphatic rings. The zero-order valence-electron chi connectivity index (χ0n) is 15.1. The number of hydrogen-bond acceptors (Lipinski definition) is 5. The lowest BCUT2D eigenvalue weighted by molar-refractivity contribution is 0.00769. The number of aliphatic hydroxyl groups is 1. The minimum Gasteiger partial charge on any atom is -0.454 e. The fourth-order valence-corrected chi connectivity index (χ4v) is 4.22. The summed E-state index contributed by atoms with van der Waals surface area (Å²) in [4.78, 5) is 2.36. The molecule has 2 heterocycles. The third kappa shape index (κ3) is 4.63. The third-order valence-corrected chi connectivity index (χ3v) is 5.55. The van der Waals surface area contributed by atoms with Gasteiger partial charge in [-0.15, -0.1) is 0 Å². The molecule has 5 nitrogen and oxygen atoms in total. The number of halogens is 1. The van der Waals surface area contributed by atoms with Crippen LogP contribution < -0.4 is 9.47 Å². The number of hydrogen-bond donors (Lipinski definition) is 1. The number of rotatable bonds is 7. The van der Waals surface area contributed by atoms with Gasteiger partial charge in [-0.05, 0) is 54.8 Å². The average Bonchev–Trinajstić information content (AvgIpc) is 3.30. The van der Waals surface area contributed by atoms with E-state index in [1.54, 1.807) is 0 Å². The minimum absolute atomic E-state index is 0.271. The third-order valence-electron chi connectivity index (χ3n) is 5.06. The molecule has 0 spiro atoms. The highest BCUT2D eigenvalue weighted by molar-refractivity contribution is 9.10. The van der Waals surface area contributed by atoms with Gasteiger partial charge >= 0.3 is 0 Å². The van der Waals surface area contributed by atoms with Crippen molar-refractivity contribution in [3.63, 3.8) is 0 Å². The van der Waals surface area contributed by atoms with Crippen molar-refractivity contribution in [3.8, 4) is 11.5 Å². The van der Waals surface area contributed by atoms with Gasteiger partial charge in [0.2, 0.25) is 6.79 Å². The lowest BCUT2D eigenvalue weighted by Crippen LogP contribution is -2.34. The summed E-state index contributed by atoms with van der Waals surface area (Å²) in [6, 6.07) is 14.6. The van der Waals surface area contributed by atoms with Gasteiger partial charge in [0.1, 0.15) is 0 Å². The van der Waals surface area contributed by atoms with Crippen molar-refractivity contribution >= 4 is 15.9 Å². The van der Waals surface area contributed by atoms with Crippen LogP contribution in [0.1, 0.15) is 30.0 Å². The maximum absolute atomic E-state index is 10.4. The lowest BCUT2D eigenvalue weighted by atomic mass is 10.0. The van der Waals surface area contributed by atoms with Gasteiger partial charge in [0.25, 0.3) is 0 Å². The summed E-state index contributed by atoms with van der Waals surface area (Å²) >= 11 is 3.55. The molecule has 2 unspecified atom stereocenters. The molecular formula is C21H24BrNO4. The van der Waals surface area contributed by atoms with Crippen molar-refractivity contribution in [3.05, 3.63) is 58.1 Å². The van der Waals surface area contributed by atoms with E-state index in [4.69, 9.17) is 14.2 Å². The summed E-state index contributed by atoms with van der Waals surface area (Å²) in [5.41, 5.74) is 2.31. The largest absolute Gasteiger partial charge is 0.454 e. The van der Waals surface area contributed by atoms with Crippen LogP contribution in [0.2, 0.25) is 0 Å². The molecule has 1 fully saturated rings. The van der Waals surface area contributed by atoms with Gasteiger partial charge in [-0.1, -0.05) is 34.1 Å². The molecule has 27 heavy (non-hydrogen) atoms. The Morgan fingerprint density at radius 2 is 2.07 bits per heavy atom. The minimum atomic E-state index is -0.508. The van der Waals surface area contributed by atoms with E-state index in [1.165, 1.54) is 5.56 Å². The Labute approximate surface area is 168 Å². The Bertz CT molecular complexity index is 785. The van der Waals surface area contributed by atoms with Crippen LogP contribution in [0.15, 0.2) is 46.9 Å². The van der Waals surface area contributed by atoms with E-state index in [2.05, 4.69) is 39.0 Å². The zero-order chi connectivity index (χ0) is 18.6. The fourth-order valence-electron chi connectivity index (χ4n) is 3.80. The Morgan fingerprint density at radius 3 is 2.96 bits per heavy atom. The Hall–Kier alpha value is -1.60. The monoisotopic (exact) mass is 433 g/mol. The van der Waals surface area contributed by atoms with Crippen molar-refractivity contribution in [2.45, 2.75) is 31.6 Å². The van der Waals surface area contributed by atoms with Crippen molar-refractivity contribution in [2.75, 3.05) is 26.5 Å². The SMILES string of the molecule is OC(COCc1ccc2c(c1)OCO2)CN1CCCC1c1cccc(Br)c1. The first-order chi connectivity index (χ1) is 13.2. The van der Waals surface area contributed by atoms with Gasteiger partial charge in [-0.2, -0.15) is 0 Å². The summed E-state index contributed by atoms with van der Waals surface area (Å²) in [7, 11) is 0. The lowest BCUT2D eigenvalue weighted by Gasteiger charge is -2.27. The zero-order valence-corrected chi connectivity index (χ0v) is 16.7. The molecule has 0 bridgehead atoms. The number of fused-ring (bicyclic) bond motifs is 1. The van der Waals surface area contributed by atoms with E-state index in [0.717, 1.165) is 40.9 Å². The summed E-state index contributed by atoms with van der Waals surface area (Å²) in [6.45, 7) is 2.67. The highest BCUT2D eigenvalue weighted by Gasteiger charge is 2.27. The van der Waals surface area contributed by atoms with E-state index in [1.807, 2.05) is 24.3 Å². The molecular weight excluding hydrogens is 410 g/mol. The first kappa shape index (κ1) is 18.7. The molecule has 0 radical (unpaired) electrons. The predicted octanol–water partition coefficient (Wildman–Crippen LogP) is 3.89. The van der Waals surface area contributed by atoms with Gasteiger partial charge in [0.05, 0.1) is 19.3 Å². The van der Waals surface area contributed by atoms with Crippen LogP contribution >= 0.6 is 15.9 Å². The second kappa shape index (κ2) is 8.61. The molecule has 0 aromatic heterocycles. The van der Waals surface area contributed by atoms with Crippen LogP contribution in [0.3, 0.4) is 0 Å². The van der Waals surface area contributed by atoms with Crippen molar-refractivity contribution in [2.24, 2.45) is 0 Å². The molecule has 0 aliphatic carbocycles. The van der Waals surface area contributed by atoms with E-state index in [9.17, 15) is 5.11 Å². The maximum atomic E-state index is 10.4. The summed E-state index contributed by atoms with van der Waals surface area (Å²) in [6.07, 6.45) is 1.77. The highest BCUT2D eigenvalue weighted by atomic mass is 79.9. The normalized spacial score (nSPS) is 20.1. The van der Waals surface area contributed by atoms with Crippen LogP contribution in [0.25, 0.3) is 0 Å². The Morgan fingerprint density at radius 1 is 1.19 bits per heavy atom. The van der Waals surface area contributed by atoms with Crippen LogP contribution in [0.4, 0.5) is 0 Å². The summed E-state index contributed by atoms with van der Waals surface area (Å²) in [5.74, 6) is 1.52. The second-order valence-corrected chi connectivity index (χ2v) is 7.98. The van der Waals surface area contributed by atoms with Crippen molar-refractivity contribution < 1.29 is 19.3 Å². The summed E-state index contributed by atoms with van der Waals surface area (Å²) < 4.78 is 17.5. The second-order valence-electron chi connectivity index (χ2n) is 7.06. The Kier molecular flexibility index (Phi) is 5.98. The number of aliphatic hydroxyl groups excluding tert-OH is 1. The maximum Gasteiger partial charge on any atom is 0.231 e. The van der Waals surface area contributed by atoms with Crippen LogP contribution in [-0.4, -0.2) is 42.6 Å². The fraction of sp³-hybridized carbons (Fsp3) is 0.429. The quantitative estimate of drug-likeness (QED) is 0.717. The van der Waals surface area contributed by atoms with Gasteiger partial charge in [-0.3, -0.25) is 4.90 Å². The molecule has 1 saturated heterocycles. The topological polar surface area (TPSA) is 51.2 Å². The number of β-amino-alcohol motifs (C(OH)–C–C–N with tert-alkyl or cyclic N) is 1. The smallest absolute Gasteiger partial charge is 0.231 e. The molecule has 0 saturated carbocycles. The van der Waals surface area contributed by atoms with E-state index in [-0.39, 0.29) is 6.79 Å². The van der Waals surface area contributed by atoms with E-state index < -0.39 is 6.10 Å². The summed E-state index contributed by atoms with van der Waals surface area (Å²) in [5, 5.41) is 10.4. The van der Waals surface area contributed by atoms with Gasteiger partial charge in [0.15, 0.2) is 11.5 Å². The molecule has 1 N–H and O–H groups in total. The van der Waals surface area contributed by atoms with Crippen LogP contribution in [0.5, 0.6) is 11.5 Å². The highest BCUT2D eigenvalue weighted by Crippen LogP contribution is 2.34. The number of likely N-dealkylation sites (tertiary alicyclic amines) is 1. The first-order valence-electron chi connectivity index (χ1n) is 9.33. The van der Waals surface area contributed by atoms with Crippen molar-refractivity contribution in [1.29, 1.82) is 0 Å². The van der Waals surface area contributed by atoms with Crippen molar-refractivity contribution in [1.82, 2.24) is 4.90 Å². The molecule has 4 rings (SSSR count). The number of ether oxygens (including phenoxy) is 3. The molecule has 2 atom stereocenters. The van der Waals surface area contributed by atoms with Gasteiger partial charge in [0, 0.05) is 17.1 Å². The van der Waals surface area contributed by atoms with Gasteiger partial charge < -0.3 is 19.3 Å². The molecule has 144 valence electrons. The van der Waals surface area contributed by atoms with Gasteiger partial charge in [-0.25, -0.2) is 0 Å². The standard InChI is InChI=1S/C21H24BrNO4/c22-17-4-1-3-16(10-17)19-5-2-8-23(19)11-18(24)13-25-12-15-6-7-20-21(9-15)27-14-26-20/h1,3-4,6-7,9-10,18-19,24H,2,5,8,11-14H2. The average molecular weight is 434 g/mol. The molecule has 0 amide bonds. The first-order valence-corrected chi connectivity index (χ1v) is 10.1.